The van der Waals surface area contributed by atoms with Gasteiger partial charge in [0.05, 0.1) is 0 Å². The smallest absolute Gasteiger partial charge is 0.131 e. The third-order valence-electron chi connectivity index (χ3n) is 5.24. The molecule has 0 saturated carbocycles. The monoisotopic (exact) mass is 301 g/mol. The Hall–Kier alpha value is -1.09. The average Bonchev–Trinajstić information content (AvgIpc) is 2.56. The van der Waals surface area contributed by atoms with Crippen molar-refractivity contribution in [2.45, 2.75) is 64.8 Å². The number of likely N-dealkylation sites (tertiary alicyclic amines) is 1. The Morgan fingerprint density at radius 1 is 1.09 bits per heavy atom. The Kier molecular flexibility index (Phi) is 5.35. The summed E-state index contributed by atoms with van der Waals surface area (Å²) >= 11 is 0. The van der Waals surface area contributed by atoms with E-state index < -0.39 is 0 Å². The minimum atomic E-state index is 0.593. The molecular weight excluding hydrogens is 270 g/mol. The summed E-state index contributed by atoms with van der Waals surface area (Å²) in [6.45, 7) is 9.36. The molecular formula is C19H31N3. The van der Waals surface area contributed by atoms with E-state index in [0.717, 1.165) is 0 Å². The highest BCUT2D eigenvalue weighted by atomic mass is 15.2. The number of nitrogens with zero attached hydrogens (tertiary/aromatic N) is 3. The van der Waals surface area contributed by atoms with Gasteiger partial charge < -0.3 is 4.90 Å². The number of hydrogen-bond donors (Lipinski definition) is 0. The summed E-state index contributed by atoms with van der Waals surface area (Å²) in [5.41, 5.74) is 2.80. The van der Waals surface area contributed by atoms with E-state index in [4.69, 9.17) is 4.98 Å². The lowest BCUT2D eigenvalue weighted by Gasteiger charge is -2.36. The van der Waals surface area contributed by atoms with Crippen molar-refractivity contribution in [2.75, 3.05) is 31.1 Å². The first-order chi connectivity index (χ1) is 10.8. The normalized spacial score (nSPS) is 23.7. The topological polar surface area (TPSA) is 19.4 Å². The van der Waals surface area contributed by atoms with E-state index in [1.165, 1.54) is 88.1 Å². The molecule has 3 heterocycles. The Morgan fingerprint density at radius 2 is 1.86 bits per heavy atom. The zero-order chi connectivity index (χ0) is 15.4. The fourth-order valence-electron chi connectivity index (χ4n) is 4.13. The van der Waals surface area contributed by atoms with Gasteiger partial charge in [0.1, 0.15) is 5.82 Å². The van der Waals surface area contributed by atoms with Crippen molar-refractivity contribution in [1.29, 1.82) is 0 Å². The largest absolute Gasteiger partial charge is 0.356 e. The summed E-state index contributed by atoms with van der Waals surface area (Å²) in [6.07, 6.45) is 11.4. The van der Waals surface area contributed by atoms with Gasteiger partial charge in [0, 0.05) is 25.3 Å². The molecule has 2 saturated heterocycles. The van der Waals surface area contributed by atoms with Gasteiger partial charge in [-0.3, -0.25) is 4.90 Å². The zero-order valence-electron chi connectivity index (χ0n) is 14.4. The first-order valence-corrected chi connectivity index (χ1v) is 9.25. The fourth-order valence-corrected chi connectivity index (χ4v) is 4.13. The van der Waals surface area contributed by atoms with Crippen molar-refractivity contribution in [3.63, 3.8) is 0 Å². The van der Waals surface area contributed by atoms with E-state index >= 15 is 0 Å². The van der Waals surface area contributed by atoms with Crippen LogP contribution in [-0.4, -0.2) is 36.1 Å². The predicted molar refractivity (Wildman–Crippen MR) is 93.5 cm³/mol. The second kappa shape index (κ2) is 7.45. The lowest BCUT2D eigenvalue weighted by atomic mass is 9.95. The highest BCUT2D eigenvalue weighted by Gasteiger charge is 2.24. The Labute approximate surface area is 135 Å². The van der Waals surface area contributed by atoms with Gasteiger partial charge in [-0.15, -0.1) is 0 Å². The molecule has 122 valence electrons. The maximum absolute atomic E-state index is 4.87. The molecule has 2 aliphatic rings. The first-order valence-electron chi connectivity index (χ1n) is 9.25. The van der Waals surface area contributed by atoms with E-state index in [0.29, 0.717) is 6.04 Å². The van der Waals surface area contributed by atoms with Gasteiger partial charge in [-0.1, -0.05) is 13.3 Å². The molecule has 0 bridgehead atoms. The van der Waals surface area contributed by atoms with Gasteiger partial charge in [-0.2, -0.15) is 0 Å². The molecule has 3 heteroatoms. The van der Waals surface area contributed by atoms with Crippen molar-refractivity contribution in [2.24, 2.45) is 0 Å². The number of rotatable bonds is 4. The molecule has 3 nitrogen and oxygen atoms in total. The molecule has 22 heavy (non-hydrogen) atoms. The number of pyridine rings is 1. The molecule has 3 rings (SSSR count). The molecule has 1 unspecified atom stereocenters. The standard InChI is InChI=1S/C19H31N3/c1-3-10-21-11-8-5-9-18(21)17-14-16(2)19(20-15-17)22-12-6-4-7-13-22/h14-15,18H,3-13H2,1-2H3. The van der Waals surface area contributed by atoms with Gasteiger partial charge in [0.25, 0.3) is 0 Å². The minimum absolute atomic E-state index is 0.593. The van der Waals surface area contributed by atoms with Crippen LogP contribution in [0, 0.1) is 6.92 Å². The molecule has 0 radical (unpaired) electrons. The van der Waals surface area contributed by atoms with Gasteiger partial charge >= 0.3 is 0 Å². The maximum Gasteiger partial charge on any atom is 0.131 e. The number of aryl methyl sites for hydroxylation is 1. The van der Waals surface area contributed by atoms with Gasteiger partial charge in [0.2, 0.25) is 0 Å². The summed E-state index contributed by atoms with van der Waals surface area (Å²) in [5.74, 6) is 1.22. The van der Waals surface area contributed by atoms with Crippen LogP contribution in [0.3, 0.4) is 0 Å². The van der Waals surface area contributed by atoms with E-state index in [-0.39, 0.29) is 0 Å². The number of anilines is 1. The van der Waals surface area contributed by atoms with Crippen LogP contribution >= 0.6 is 0 Å². The molecule has 0 spiro atoms. The van der Waals surface area contributed by atoms with Crippen LogP contribution in [-0.2, 0) is 0 Å². The van der Waals surface area contributed by atoms with Crippen LogP contribution in [0.1, 0.15) is 69.0 Å². The summed E-state index contributed by atoms with van der Waals surface area (Å²) < 4.78 is 0. The molecule has 2 fully saturated rings. The quantitative estimate of drug-likeness (QED) is 0.825. The van der Waals surface area contributed by atoms with Crippen molar-refractivity contribution in [1.82, 2.24) is 9.88 Å². The number of aromatic nitrogens is 1. The fraction of sp³-hybridized carbons (Fsp3) is 0.737. The van der Waals surface area contributed by atoms with Crippen LogP contribution in [0.5, 0.6) is 0 Å². The highest BCUT2D eigenvalue weighted by molar-refractivity contribution is 5.48. The van der Waals surface area contributed by atoms with Crippen molar-refractivity contribution < 1.29 is 0 Å². The lowest BCUT2D eigenvalue weighted by Crippen LogP contribution is -2.34. The molecule has 0 aliphatic carbocycles. The number of hydrogen-bond acceptors (Lipinski definition) is 3. The highest BCUT2D eigenvalue weighted by Crippen LogP contribution is 2.32. The zero-order valence-corrected chi connectivity index (χ0v) is 14.4. The molecule has 2 aliphatic heterocycles. The first kappa shape index (κ1) is 15.8. The summed E-state index contributed by atoms with van der Waals surface area (Å²) in [6, 6.07) is 3.01. The molecule has 0 amide bonds. The Bertz CT molecular complexity index is 478. The SMILES string of the molecule is CCCN1CCCCC1c1cnc(N2CCCCC2)c(C)c1. The summed E-state index contributed by atoms with van der Waals surface area (Å²) in [5, 5.41) is 0. The van der Waals surface area contributed by atoms with Crippen LogP contribution in [0.15, 0.2) is 12.3 Å². The van der Waals surface area contributed by atoms with Crippen LogP contribution < -0.4 is 4.90 Å². The van der Waals surface area contributed by atoms with Crippen LogP contribution in [0.4, 0.5) is 5.82 Å². The van der Waals surface area contributed by atoms with Crippen LogP contribution in [0.2, 0.25) is 0 Å². The minimum Gasteiger partial charge on any atom is -0.356 e. The summed E-state index contributed by atoms with van der Waals surface area (Å²) in [7, 11) is 0. The van der Waals surface area contributed by atoms with Crippen molar-refractivity contribution in [3.05, 3.63) is 23.4 Å². The third kappa shape index (κ3) is 3.45. The van der Waals surface area contributed by atoms with Gasteiger partial charge in [-0.05, 0) is 75.7 Å². The maximum atomic E-state index is 4.87. The van der Waals surface area contributed by atoms with Crippen molar-refractivity contribution >= 4 is 5.82 Å². The van der Waals surface area contributed by atoms with Gasteiger partial charge in [-0.25, -0.2) is 4.98 Å². The van der Waals surface area contributed by atoms with E-state index in [1.54, 1.807) is 0 Å². The molecule has 0 aromatic carbocycles. The Balaban J connectivity index is 1.78. The average molecular weight is 301 g/mol. The second-order valence-corrected chi connectivity index (χ2v) is 7.00. The molecule has 1 aromatic heterocycles. The third-order valence-corrected chi connectivity index (χ3v) is 5.24. The lowest BCUT2D eigenvalue weighted by molar-refractivity contribution is 0.149. The van der Waals surface area contributed by atoms with Crippen LogP contribution in [0.25, 0.3) is 0 Å². The van der Waals surface area contributed by atoms with E-state index in [9.17, 15) is 0 Å². The van der Waals surface area contributed by atoms with E-state index in [2.05, 4.69) is 35.9 Å². The Morgan fingerprint density at radius 3 is 2.59 bits per heavy atom. The van der Waals surface area contributed by atoms with E-state index in [1.807, 2.05) is 0 Å². The molecule has 1 atom stereocenters. The predicted octanol–water partition coefficient (Wildman–Crippen LogP) is 4.32. The van der Waals surface area contributed by atoms with Crippen molar-refractivity contribution in [3.8, 4) is 0 Å². The molecule has 1 aromatic rings. The number of piperidine rings is 2. The molecule has 0 N–H and O–H groups in total. The second-order valence-electron chi connectivity index (χ2n) is 7.00. The summed E-state index contributed by atoms with van der Waals surface area (Å²) in [4.78, 5) is 10.0. The van der Waals surface area contributed by atoms with Gasteiger partial charge in [0.15, 0.2) is 0 Å².